The minimum absolute atomic E-state index is 0.0352. The third kappa shape index (κ3) is 4.03. The van der Waals surface area contributed by atoms with Gasteiger partial charge in [0.25, 0.3) is 11.7 Å². The van der Waals surface area contributed by atoms with E-state index in [0.29, 0.717) is 6.54 Å². The molecule has 1 amide bonds. The monoisotopic (exact) mass is 294 g/mol. The molecule has 1 heterocycles. The molecule has 0 fully saturated rings. The van der Waals surface area contributed by atoms with Crippen LogP contribution in [0.3, 0.4) is 0 Å². The molecule has 2 rings (SSSR count). The highest BCUT2D eigenvalue weighted by Gasteiger charge is 2.16. The van der Waals surface area contributed by atoms with Gasteiger partial charge in [-0.05, 0) is 29.5 Å². The van der Waals surface area contributed by atoms with E-state index in [4.69, 9.17) is 0 Å². The molecule has 0 radical (unpaired) electrons. The van der Waals surface area contributed by atoms with Gasteiger partial charge in [-0.1, -0.05) is 30.3 Å². The molecule has 0 bridgehead atoms. The Bertz CT molecular complexity index is 578. The van der Waals surface area contributed by atoms with Gasteiger partial charge in [-0.3, -0.25) is 4.79 Å². The summed E-state index contributed by atoms with van der Waals surface area (Å²) < 4.78 is 24.8. The Hall–Kier alpha value is -1.95. The number of nitrogens with one attached hydrogen (secondary N) is 1. The van der Waals surface area contributed by atoms with Crippen LogP contribution in [0, 0.1) is 0 Å². The minimum atomic E-state index is -2.61. The average Bonchev–Trinajstić information content (AvgIpc) is 2.46. The lowest BCUT2D eigenvalue weighted by atomic mass is 10.2. The number of thioether (sulfide) groups is 1. The zero-order valence-electron chi connectivity index (χ0n) is 10.4. The second-order valence-corrected chi connectivity index (χ2v) is 4.88. The number of benzene rings is 1. The lowest BCUT2D eigenvalue weighted by Gasteiger charge is -2.08. The molecule has 0 spiro atoms. The normalized spacial score (nSPS) is 10.6. The highest BCUT2D eigenvalue weighted by atomic mass is 32.2. The summed E-state index contributed by atoms with van der Waals surface area (Å²) in [6.07, 6.45) is 1.39. The number of hydrogen-bond acceptors (Lipinski definition) is 3. The molecule has 0 aliphatic heterocycles. The number of aromatic nitrogens is 1. The van der Waals surface area contributed by atoms with E-state index < -0.39 is 11.7 Å². The SMILES string of the molecule is O=C(NCc1ccccc1)c1cccnc1SC(F)F. The van der Waals surface area contributed by atoms with E-state index in [1.807, 2.05) is 30.3 Å². The van der Waals surface area contributed by atoms with Gasteiger partial charge in [0, 0.05) is 12.7 Å². The number of carbonyl (C=O) groups excluding carboxylic acids is 1. The number of carbonyl (C=O) groups is 1. The van der Waals surface area contributed by atoms with Crippen molar-refractivity contribution >= 4 is 17.7 Å². The molecule has 1 aromatic carbocycles. The first-order valence-electron chi connectivity index (χ1n) is 5.89. The molecule has 1 aromatic heterocycles. The van der Waals surface area contributed by atoms with Crippen molar-refractivity contribution in [3.63, 3.8) is 0 Å². The summed E-state index contributed by atoms with van der Waals surface area (Å²) in [5.74, 6) is -3.02. The molecule has 104 valence electrons. The maximum atomic E-state index is 12.4. The number of alkyl halides is 2. The molecule has 0 saturated heterocycles. The molecule has 0 unspecified atom stereocenters. The molecule has 0 saturated carbocycles. The lowest BCUT2D eigenvalue weighted by molar-refractivity contribution is 0.0947. The molecular formula is C14H12F2N2OS. The van der Waals surface area contributed by atoms with Crippen molar-refractivity contribution in [2.75, 3.05) is 0 Å². The van der Waals surface area contributed by atoms with Crippen molar-refractivity contribution in [2.24, 2.45) is 0 Å². The molecule has 20 heavy (non-hydrogen) atoms. The van der Waals surface area contributed by atoms with Crippen LogP contribution in [0.2, 0.25) is 0 Å². The first kappa shape index (κ1) is 14.5. The zero-order valence-corrected chi connectivity index (χ0v) is 11.2. The largest absolute Gasteiger partial charge is 0.348 e. The van der Waals surface area contributed by atoms with Gasteiger partial charge in [0.1, 0.15) is 5.03 Å². The van der Waals surface area contributed by atoms with E-state index in [1.54, 1.807) is 6.07 Å². The van der Waals surface area contributed by atoms with Gasteiger partial charge in [-0.2, -0.15) is 8.78 Å². The predicted molar refractivity (Wildman–Crippen MR) is 73.7 cm³/mol. The third-order valence-electron chi connectivity index (χ3n) is 2.51. The zero-order chi connectivity index (χ0) is 14.4. The Balaban J connectivity index is 2.05. The van der Waals surface area contributed by atoms with Crippen molar-refractivity contribution < 1.29 is 13.6 Å². The number of pyridine rings is 1. The van der Waals surface area contributed by atoms with Gasteiger partial charge < -0.3 is 5.32 Å². The summed E-state index contributed by atoms with van der Waals surface area (Å²) in [7, 11) is 0. The van der Waals surface area contributed by atoms with Crippen LogP contribution >= 0.6 is 11.8 Å². The van der Waals surface area contributed by atoms with Gasteiger partial charge in [-0.15, -0.1) is 0 Å². The van der Waals surface area contributed by atoms with Gasteiger partial charge >= 0.3 is 0 Å². The van der Waals surface area contributed by atoms with Crippen LogP contribution in [0.4, 0.5) is 8.78 Å². The van der Waals surface area contributed by atoms with E-state index in [9.17, 15) is 13.6 Å². The molecule has 0 aliphatic carbocycles. The molecule has 2 aromatic rings. The molecule has 0 aliphatic rings. The molecule has 6 heteroatoms. The average molecular weight is 294 g/mol. The van der Waals surface area contributed by atoms with Crippen LogP contribution in [-0.2, 0) is 6.54 Å². The Morgan fingerprint density at radius 3 is 2.65 bits per heavy atom. The lowest BCUT2D eigenvalue weighted by Crippen LogP contribution is -2.23. The Labute approximate surface area is 119 Å². The highest BCUT2D eigenvalue weighted by molar-refractivity contribution is 7.99. The summed E-state index contributed by atoms with van der Waals surface area (Å²) in [6.45, 7) is 0.341. The van der Waals surface area contributed by atoms with E-state index in [1.165, 1.54) is 12.3 Å². The number of hydrogen-bond donors (Lipinski definition) is 1. The van der Waals surface area contributed by atoms with Crippen LogP contribution in [0.5, 0.6) is 0 Å². The fraction of sp³-hybridized carbons (Fsp3) is 0.143. The van der Waals surface area contributed by atoms with E-state index in [2.05, 4.69) is 10.3 Å². The number of halogens is 2. The Morgan fingerprint density at radius 1 is 1.20 bits per heavy atom. The van der Waals surface area contributed by atoms with E-state index in [0.717, 1.165) is 5.56 Å². The molecule has 1 N–H and O–H groups in total. The van der Waals surface area contributed by atoms with E-state index >= 15 is 0 Å². The number of amides is 1. The second kappa shape index (κ2) is 7.00. The number of rotatable bonds is 5. The second-order valence-electron chi connectivity index (χ2n) is 3.90. The predicted octanol–water partition coefficient (Wildman–Crippen LogP) is 3.33. The summed E-state index contributed by atoms with van der Waals surface area (Å²) in [4.78, 5) is 15.8. The summed E-state index contributed by atoms with van der Waals surface area (Å²) >= 11 is 0.270. The van der Waals surface area contributed by atoms with Gasteiger partial charge in [0.15, 0.2) is 0 Å². The standard InChI is InChI=1S/C14H12F2N2OS/c15-14(16)20-13-11(7-4-8-17-13)12(19)18-9-10-5-2-1-3-6-10/h1-8,14H,9H2,(H,18,19). The van der Waals surface area contributed by atoms with Gasteiger partial charge in [0.05, 0.1) is 5.56 Å². The Morgan fingerprint density at radius 2 is 1.95 bits per heavy atom. The quantitative estimate of drug-likeness (QED) is 0.860. The summed E-state index contributed by atoms with van der Waals surface area (Å²) in [6, 6.07) is 12.4. The molecule has 0 atom stereocenters. The number of nitrogens with zero attached hydrogens (tertiary/aromatic N) is 1. The summed E-state index contributed by atoms with van der Waals surface area (Å²) in [5.41, 5.74) is 1.10. The summed E-state index contributed by atoms with van der Waals surface area (Å²) in [5, 5.41) is 2.73. The van der Waals surface area contributed by atoms with Crippen molar-refractivity contribution in [2.45, 2.75) is 17.3 Å². The van der Waals surface area contributed by atoms with E-state index in [-0.39, 0.29) is 22.4 Å². The smallest absolute Gasteiger partial charge is 0.290 e. The van der Waals surface area contributed by atoms with Crippen molar-refractivity contribution in [3.05, 3.63) is 59.8 Å². The van der Waals surface area contributed by atoms with Crippen LogP contribution in [0.15, 0.2) is 53.7 Å². The van der Waals surface area contributed by atoms with Gasteiger partial charge in [-0.25, -0.2) is 4.98 Å². The topological polar surface area (TPSA) is 42.0 Å². The van der Waals surface area contributed by atoms with Crippen molar-refractivity contribution in [1.29, 1.82) is 0 Å². The molecular weight excluding hydrogens is 282 g/mol. The fourth-order valence-electron chi connectivity index (χ4n) is 1.62. The maximum Gasteiger partial charge on any atom is 0.290 e. The van der Waals surface area contributed by atoms with Crippen molar-refractivity contribution in [3.8, 4) is 0 Å². The minimum Gasteiger partial charge on any atom is -0.348 e. The fourth-order valence-corrected chi connectivity index (χ4v) is 2.19. The molecule has 3 nitrogen and oxygen atoms in total. The first-order chi connectivity index (χ1) is 9.66. The van der Waals surface area contributed by atoms with Crippen molar-refractivity contribution in [1.82, 2.24) is 10.3 Å². The van der Waals surface area contributed by atoms with Crippen LogP contribution in [0.1, 0.15) is 15.9 Å². The van der Waals surface area contributed by atoms with Crippen LogP contribution in [0.25, 0.3) is 0 Å². The maximum absolute atomic E-state index is 12.4. The highest BCUT2D eigenvalue weighted by Crippen LogP contribution is 2.26. The third-order valence-corrected chi connectivity index (χ3v) is 3.24. The van der Waals surface area contributed by atoms with Gasteiger partial charge in [0.2, 0.25) is 0 Å². The first-order valence-corrected chi connectivity index (χ1v) is 6.76. The van der Waals surface area contributed by atoms with Crippen LogP contribution < -0.4 is 5.32 Å². The Kier molecular flexibility index (Phi) is 5.06. The van der Waals surface area contributed by atoms with Crippen LogP contribution in [-0.4, -0.2) is 16.6 Å².